The lowest BCUT2D eigenvalue weighted by Gasteiger charge is -2.13. The maximum Gasteiger partial charge on any atom is 0.216 e. The minimum atomic E-state index is 0.353. The Morgan fingerprint density at radius 2 is 1.93 bits per heavy atom. The fourth-order valence-corrected chi connectivity index (χ4v) is 2.76. The fourth-order valence-electron chi connectivity index (χ4n) is 2.58. The summed E-state index contributed by atoms with van der Waals surface area (Å²) in [6, 6.07) is 7.25. The minimum Gasteiger partial charge on any atom is -0.493 e. The normalized spacial score (nSPS) is 11.8. The van der Waals surface area contributed by atoms with Gasteiger partial charge >= 0.3 is 0 Å². The molecule has 3 aromatic rings. The molecule has 0 spiro atoms. The first-order valence-corrected chi connectivity index (χ1v) is 8.72. The second-order valence-corrected chi connectivity index (χ2v) is 6.11. The average molecular weight is 400 g/mol. The summed E-state index contributed by atoms with van der Waals surface area (Å²) in [6.07, 6.45) is 5.16. The van der Waals surface area contributed by atoms with E-state index in [1.165, 1.54) is 4.68 Å². The topological polar surface area (TPSA) is 86.8 Å². The number of furan rings is 1. The van der Waals surface area contributed by atoms with Crippen LogP contribution in [-0.2, 0) is 0 Å². The van der Waals surface area contributed by atoms with E-state index in [0.29, 0.717) is 33.4 Å². The first-order valence-electron chi connectivity index (χ1n) is 8.31. The quantitative estimate of drug-likeness (QED) is 0.473. The summed E-state index contributed by atoms with van der Waals surface area (Å²) >= 11 is 5.32. The van der Waals surface area contributed by atoms with Gasteiger partial charge in [0.15, 0.2) is 17.3 Å². The van der Waals surface area contributed by atoms with Crippen molar-refractivity contribution in [3.05, 3.63) is 46.6 Å². The molecule has 0 fully saturated rings. The number of aromatic nitrogens is 3. The largest absolute Gasteiger partial charge is 0.493 e. The highest BCUT2D eigenvalue weighted by atomic mass is 32.1. The Bertz CT molecular complexity index is 1040. The Labute approximate surface area is 167 Å². The molecule has 2 heterocycles. The van der Waals surface area contributed by atoms with Gasteiger partial charge in [-0.15, -0.1) is 0 Å². The monoisotopic (exact) mass is 400 g/mol. The van der Waals surface area contributed by atoms with Crippen LogP contribution in [0.25, 0.3) is 17.5 Å². The van der Waals surface area contributed by atoms with Crippen molar-refractivity contribution < 1.29 is 18.6 Å². The Balaban J connectivity index is 2.02. The zero-order valence-electron chi connectivity index (χ0n) is 15.9. The summed E-state index contributed by atoms with van der Waals surface area (Å²) in [7, 11) is 4.66. The highest BCUT2D eigenvalue weighted by Crippen LogP contribution is 2.40. The van der Waals surface area contributed by atoms with Crippen LogP contribution < -0.4 is 14.2 Å². The third-order valence-corrected chi connectivity index (χ3v) is 4.13. The summed E-state index contributed by atoms with van der Waals surface area (Å²) in [4.78, 5) is 0. The Kier molecular flexibility index (Phi) is 5.95. The maximum absolute atomic E-state index is 5.41. The van der Waals surface area contributed by atoms with Crippen molar-refractivity contribution in [2.24, 2.45) is 5.10 Å². The van der Waals surface area contributed by atoms with Gasteiger partial charge in [-0.05, 0) is 55.1 Å². The highest BCUT2D eigenvalue weighted by molar-refractivity contribution is 7.71. The Hall–Kier alpha value is -3.33. The number of aromatic amines is 1. The smallest absolute Gasteiger partial charge is 0.216 e. The molecule has 0 aliphatic rings. The van der Waals surface area contributed by atoms with Crippen LogP contribution in [-0.4, -0.2) is 42.4 Å². The molecule has 0 atom stereocenters. The van der Waals surface area contributed by atoms with E-state index < -0.39 is 0 Å². The van der Waals surface area contributed by atoms with Gasteiger partial charge in [-0.25, -0.2) is 5.10 Å². The van der Waals surface area contributed by atoms with E-state index in [1.807, 2.05) is 25.1 Å². The number of methoxy groups -OCH3 is 3. The summed E-state index contributed by atoms with van der Waals surface area (Å²) in [5.41, 5.74) is 1.58. The summed E-state index contributed by atoms with van der Waals surface area (Å²) in [5, 5.41) is 11.5. The molecule has 0 bridgehead atoms. The van der Waals surface area contributed by atoms with E-state index in [9.17, 15) is 0 Å². The van der Waals surface area contributed by atoms with Gasteiger partial charge in [0.2, 0.25) is 10.5 Å². The molecule has 3 rings (SSSR count). The van der Waals surface area contributed by atoms with Crippen molar-refractivity contribution in [1.29, 1.82) is 0 Å². The number of hydrogen-bond acceptors (Lipinski definition) is 7. The number of hydrogen-bond donors (Lipinski definition) is 1. The first-order chi connectivity index (χ1) is 13.6. The molecule has 0 saturated heterocycles. The Morgan fingerprint density at radius 3 is 2.50 bits per heavy atom. The molecule has 2 aromatic heterocycles. The average Bonchev–Trinajstić information content (AvgIpc) is 3.34. The lowest BCUT2D eigenvalue weighted by molar-refractivity contribution is 0.324. The number of nitrogens with one attached hydrogen (secondary N) is 1. The molecule has 0 aliphatic carbocycles. The minimum absolute atomic E-state index is 0.353. The van der Waals surface area contributed by atoms with E-state index in [-0.39, 0.29) is 0 Å². The van der Waals surface area contributed by atoms with E-state index in [1.54, 1.807) is 45.9 Å². The third-order valence-electron chi connectivity index (χ3n) is 3.86. The van der Waals surface area contributed by atoms with Gasteiger partial charge in [-0.3, -0.25) is 0 Å². The van der Waals surface area contributed by atoms with Gasteiger partial charge in [0.05, 0.1) is 33.8 Å². The van der Waals surface area contributed by atoms with E-state index in [0.717, 1.165) is 11.3 Å². The van der Waals surface area contributed by atoms with E-state index in [2.05, 4.69) is 15.3 Å². The molecule has 0 amide bonds. The lowest BCUT2D eigenvalue weighted by atomic mass is 10.1. The predicted octanol–water partition coefficient (Wildman–Crippen LogP) is 4.16. The first kappa shape index (κ1) is 19.4. The van der Waals surface area contributed by atoms with E-state index in [4.69, 9.17) is 30.8 Å². The molecular formula is C19H20N4O4S. The molecule has 0 saturated carbocycles. The fraction of sp³-hybridized carbons (Fsp3) is 0.211. The maximum atomic E-state index is 5.41. The van der Waals surface area contributed by atoms with Gasteiger partial charge in [-0.2, -0.15) is 14.9 Å². The molecular weight excluding hydrogens is 380 g/mol. The predicted molar refractivity (Wildman–Crippen MR) is 109 cm³/mol. The van der Waals surface area contributed by atoms with Crippen LogP contribution in [0.15, 0.2) is 45.6 Å². The van der Waals surface area contributed by atoms with Gasteiger partial charge in [-0.1, -0.05) is 0 Å². The van der Waals surface area contributed by atoms with Crippen molar-refractivity contribution in [2.45, 2.75) is 6.92 Å². The zero-order valence-corrected chi connectivity index (χ0v) is 16.7. The van der Waals surface area contributed by atoms with Crippen molar-refractivity contribution in [3.63, 3.8) is 0 Å². The second kappa shape index (κ2) is 8.57. The number of nitrogens with zero attached hydrogens (tertiary/aromatic N) is 3. The standard InChI is InChI=1S/C19H20N4O4S/c1-12(8-14-6-5-7-27-14)11-20-23-18(21-22-19(23)28)13-9-15(24-2)17(26-4)16(10-13)25-3/h5-11H,1-4H3,(H,22,28)/b12-8-,20-11+. The summed E-state index contributed by atoms with van der Waals surface area (Å²) < 4.78 is 23.4. The molecule has 0 radical (unpaired) electrons. The summed E-state index contributed by atoms with van der Waals surface area (Å²) in [5.74, 6) is 2.76. The van der Waals surface area contributed by atoms with Crippen LogP contribution in [0.5, 0.6) is 17.2 Å². The SMILES string of the molecule is COc1cc(-c2n[nH]c(=S)n2/N=C/C(C)=C\c2ccco2)cc(OC)c1OC. The van der Waals surface area contributed by atoms with Crippen LogP contribution in [0.4, 0.5) is 0 Å². The molecule has 0 aliphatic heterocycles. The lowest BCUT2D eigenvalue weighted by Crippen LogP contribution is -1.99. The molecule has 146 valence electrons. The molecule has 1 aromatic carbocycles. The van der Waals surface area contributed by atoms with Crippen LogP contribution in [0, 0.1) is 4.77 Å². The number of H-pyrrole nitrogens is 1. The van der Waals surface area contributed by atoms with Gasteiger partial charge < -0.3 is 18.6 Å². The number of benzene rings is 1. The van der Waals surface area contributed by atoms with Gasteiger partial charge in [0.25, 0.3) is 0 Å². The molecule has 1 N–H and O–H groups in total. The van der Waals surface area contributed by atoms with Crippen LogP contribution in [0.3, 0.4) is 0 Å². The molecule has 9 heteroatoms. The van der Waals surface area contributed by atoms with Crippen molar-refractivity contribution in [3.8, 4) is 28.6 Å². The van der Waals surface area contributed by atoms with Crippen molar-refractivity contribution in [2.75, 3.05) is 21.3 Å². The highest BCUT2D eigenvalue weighted by Gasteiger charge is 2.17. The zero-order chi connectivity index (χ0) is 20.1. The van der Waals surface area contributed by atoms with Crippen molar-refractivity contribution >= 4 is 24.5 Å². The van der Waals surface area contributed by atoms with Crippen LogP contribution >= 0.6 is 12.2 Å². The van der Waals surface area contributed by atoms with Gasteiger partial charge in [0, 0.05) is 5.56 Å². The molecule has 0 unspecified atom stereocenters. The Morgan fingerprint density at radius 1 is 1.21 bits per heavy atom. The molecule has 28 heavy (non-hydrogen) atoms. The number of allylic oxidation sites excluding steroid dienone is 1. The third kappa shape index (κ3) is 3.99. The molecule has 8 nitrogen and oxygen atoms in total. The number of rotatable bonds is 7. The van der Waals surface area contributed by atoms with Crippen LogP contribution in [0.2, 0.25) is 0 Å². The van der Waals surface area contributed by atoms with Gasteiger partial charge in [0.1, 0.15) is 5.76 Å². The summed E-state index contributed by atoms with van der Waals surface area (Å²) in [6.45, 7) is 1.91. The van der Waals surface area contributed by atoms with Crippen LogP contribution in [0.1, 0.15) is 12.7 Å². The second-order valence-electron chi connectivity index (χ2n) is 5.73. The van der Waals surface area contributed by atoms with E-state index >= 15 is 0 Å². The number of ether oxygens (including phenoxy) is 3. The van der Waals surface area contributed by atoms with Crippen molar-refractivity contribution in [1.82, 2.24) is 14.9 Å².